The largest absolute Gasteiger partial charge is 0.307 e. The third-order valence-electron chi connectivity index (χ3n) is 2.75. The summed E-state index contributed by atoms with van der Waals surface area (Å²) in [5.74, 6) is 1.24. The Kier molecular flexibility index (Phi) is 6.47. The van der Waals surface area contributed by atoms with Crippen molar-refractivity contribution >= 4 is 23.1 Å². The summed E-state index contributed by atoms with van der Waals surface area (Å²) in [5.41, 5.74) is 0. The van der Waals surface area contributed by atoms with E-state index in [1.165, 1.54) is 21.9 Å². The van der Waals surface area contributed by atoms with Crippen LogP contribution in [0.4, 0.5) is 0 Å². The Morgan fingerprint density at radius 2 is 2.12 bits per heavy atom. The predicted molar refractivity (Wildman–Crippen MR) is 77.7 cm³/mol. The van der Waals surface area contributed by atoms with Crippen LogP contribution >= 0.6 is 23.1 Å². The van der Waals surface area contributed by atoms with E-state index < -0.39 is 0 Å². The van der Waals surface area contributed by atoms with Crippen LogP contribution in [0.2, 0.25) is 0 Å². The highest BCUT2D eigenvalue weighted by Crippen LogP contribution is 2.24. The van der Waals surface area contributed by atoms with Gasteiger partial charge in [0.15, 0.2) is 0 Å². The summed E-state index contributed by atoms with van der Waals surface area (Å²) in [6.45, 7) is 6.76. The molecule has 0 fully saturated rings. The van der Waals surface area contributed by atoms with E-state index >= 15 is 0 Å². The standard InChI is InChI=1S/C13H23NS2/c1-5-12-6-7-13(16-12)11(3)14-10(2)8-9-15-4/h6-7,10-11,14H,5,8-9H2,1-4H3. The van der Waals surface area contributed by atoms with Crippen LogP contribution in [0, 0.1) is 0 Å². The summed E-state index contributed by atoms with van der Waals surface area (Å²) >= 11 is 3.86. The minimum absolute atomic E-state index is 0.488. The average Bonchev–Trinajstić information content (AvgIpc) is 2.74. The molecule has 1 aromatic heterocycles. The van der Waals surface area contributed by atoms with Crippen molar-refractivity contribution in [1.29, 1.82) is 0 Å². The van der Waals surface area contributed by atoms with Gasteiger partial charge in [-0.05, 0) is 50.8 Å². The minimum Gasteiger partial charge on any atom is -0.307 e. The quantitative estimate of drug-likeness (QED) is 0.789. The molecule has 92 valence electrons. The van der Waals surface area contributed by atoms with Gasteiger partial charge in [-0.25, -0.2) is 0 Å². The third kappa shape index (κ3) is 4.48. The lowest BCUT2D eigenvalue weighted by Crippen LogP contribution is -2.28. The van der Waals surface area contributed by atoms with Crippen LogP contribution in [-0.2, 0) is 6.42 Å². The third-order valence-corrected chi connectivity index (χ3v) is 4.80. The van der Waals surface area contributed by atoms with Crippen molar-refractivity contribution < 1.29 is 0 Å². The number of hydrogen-bond donors (Lipinski definition) is 1. The fraction of sp³-hybridized carbons (Fsp3) is 0.692. The normalized spacial score (nSPS) is 15.0. The Bertz CT molecular complexity index is 296. The van der Waals surface area contributed by atoms with E-state index in [9.17, 15) is 0 Å². The minimum atomic E-state index is 0.488. The van der Waals surface area contributed by atoms with Crippen LogP contribution in [-0.4, -0.2) is 18.1 Å². The number of thiophene rings is 1. The maximum Gasteiger partial charge on any atom is 0.0388 e. The van der Waals surface area contributed by atoms with Gasteiger partial charge in [0, 0.05) is 21.8 Å². The molecule has 1 nitrogen and oxygen atoms in total. The van der Waals surface area contributed by atoms with E-state index in [-0.39, 0.29) is 0 Å². The first-order valence-corrected chi connectivity index (χ1v) is 8.22. The van der Waals surface area contributed by atoms with Crippen LogP contribution in [0.1, 0.15) is 43.0 Å². The second-order valence-corrected chi connectivity index (χ2v) is 6.41. The molecule has 0 aliphatic heterocycles. The fourth-order valence-corrected chi connectivity index (χ4v) is 3.26. The maximum atomic E-state index is 3.67. The Balaban J connectivity index is 2.41. The molecular formula is C13H23NS2. The second-order valence-electron chi connectivity index (χ2n) is 4.23. The van der Waals surface area contributed by atoms with E-state index in [4.69, 9.17) is 0 Å². The highest BCUT2D eigenvalue weighted by atomic mass is 32.2. The summed E-state index contributed by atoms with van der Waals surface area (Å²) in [4.78, 5) is 2.95. The SMILES string of the molecule is CCc1ccc(C(C)NC(C)CCSC)s1. The molecule has 0 aliphatic carbocycles. The van der Waals surface area contributed by atoms with E-state index in [0.29, 0.717) is 12.1 Å². The number of thioether (sulfide) groups is 1. The summed E-state index contributed by atoms with van der Waals surface area (Å²) in [6, 6.07) is 5.62. The molecule has 0 bridgehead atoms. The van der Waals surface area contributed by atoms with Gasteiger partial charge in [-0.3, -0.25) is 0 Å². The highest BCUT2D eigenvalue weighted by Gasteiger charge is 2.10. The van der Waals surface area contributed by atoms with Crippen LogP contribution in [0.5, 0.6) is 0 Å². The van der Waals surface area contributed by atoms with Gasteiger partial charge in [0.05, 0.1) is 0 Å². The lowest BCUT2D eigenvalue weighted by atomic mass is 10.2. The van der Waals surface area contributed by atoms with Crippen molar-refractivity contribution in [2.75, 3.05) is 12.0 Å². The van der Waals surface area contributed by atoms with Crippen molar-refractivity contribution in [1.82, 2.24) is 5.32 Å². The molecule has 1 aromatic rings. The molecule has 1 rings (SSSR count). The first-order chi connectivity index (χ1) is 7.67. The summed E-state index contributed by atoms with van der Waals surface area (Å²) in [5, 5.41) is 3.67. The van der Waals surface area contributed by atoms with Crippen molar-refractivity contribution in [3.05, 3.63) is 21.9 Å². The van der Waals surface area contributed by atoms with Crippen LogP contribution in [0.3, 0.4) is 0 Å². The number of hydrogen-bond acceptors (Lipinski definition) is 3. The van der Waals surface area contributed by atoms with E-state index in [1.54, 1.807) is 0 Å². The first kappa shape index (κ1) is 14.1. The Hall–Kier alpha value is 0.01000. The van der Waals surface area contributed by atoms with Crippen molar-refractivity contribution in [3.8, 4) is 0 Å². The predicted octanol–water partition coefficient (Wildman–Crippen LogP) is 4.10. The van der Waals surface area contributed by atoms with Crippen molar-refractivity contribution in [2.45, 2.75) is 45.7 Å². The molecule has 0 aromatic carbocycles. The zero-order chi connectivity index (χ0) is 12.0. The van der Waals surface area contributed by atoms with Crippen LogP contribution < -0.4 is 5.32 Å². The molecule has 0 amide bonds. The fourth-order valence-electron chi connectivity index (χ4n) is 1.70. The zero-order valence-corrected chi connectivity index (χ0v) is 12.4. The maximum absolute atomic E-state index is 3.67. The van der Waals surface area contributed by atoms with Crippen molar-refractivity contribution in [3.63, 3.8) is 0 Å². The molecule has 2 atom stereocenters. The van der Waals surface area contributed by atoms with Gasteiger partial charge in [-0.1, -0.05) is 6.92 Å². The number of rotatable bonds is 7. The number of nitrogens with one attached hydrogen (secondary N) is 1. The summed E-state index contributed by atoms with van der Waals surface area (Å²) in [7, 11) is 0. The Labute approximate surface area is 108 Å². The highest BCUT2D eigenvalue weighted by molar-refractivity contribution is 7.98. The molecule has 3 heteroatoms. The molecule has 0 saturated heterocycles. The van der Waals surface area contributed by atoms with Crippen LogP contribution in [0.15, 0.2) is 12.1 Å². The van der Waals surface area contributed by atoms with Gasteiger partial charge >= 0.3 is 0 Å². The molecule has 0 saturated carbocycles. The van der Waals surface area contributed by atoms with Crippen LogP contribution in [0.25, 0.3) is 0 Å². The summed E-state index contributed by atoms with van der Waals surface area (Å²) in [6.07, 6.45) is 4.57. The smallest absolute Gasteiger partial charge is 0.0388 e. The van der Waals surface area contributed by atoms with Gasteiger partial charge in [0.1, 0.15) is 0 Å². The molecule has 0 spiro atoms. The van der Waals surface area contributed by atoms with Gasteiger partial charge < -0.3 is 5.32 Å². The van der Waals surface area contributed by atoms with E-state index in [1.807, 2.05) is 23.1 Å². The molecule has 0 radical (unpaired) electrons. The van der Waals surface area contributed by atoms with Crippen molar-refractivity contribution in [2.24, 2.45) is 0 Å². The average molecular weight is 257 g/mol. The lowest BCUT2D eigenvalue weighted by Gasteiger charge is -2.18. The zero-order valence-electron chi connectivity index (χ0n) is 10.7. The second kappa shape index (κ2) is 7.36. The summed E-state index contributed by atoms with van der Waals surface area (Å²) < 4.78 is 0. The van der Waals surface area contributed by atoms with Gasteiger partial charge in [-0.15, -0.1) is 11.3 Å². The molecule has 16 heavy (non-hydrogen) atoms. The molecular weight excluding hydrogens is 234 g/mol. The Morgan fingerprint density at radius 3 is 2.69 bits per heavy atom. The Morgan fingerprint density at radius 1 is 1.38 bits per heavy atom. The molecule has 0 aliphatic rings. The topological polar surface area (TPSA) is 12.0 Å². The molecule has 2 unspecified atom stereocenters. The van der Waals surface area contributed by atoms with E-state index in [2.05, 4.69) is 44.5 Å². The monoisotopic (exact) mass is 257 g/mol. The first-order valence-electron chi connectivity index (χ1n) is 6.01. The molecule has 1 N–H and O–H groups in total. The number of aryl methyl sites for hydroxylation is 1. The van der Waals surface area contributed by atoms with Gasteiger partial charge in [0.25, 0.3) is 0 Å². The van der Waals surface area contributed by atoms with Gasteiger partial charge in [-0.2, -0.15) is 11.8 Å². The molecule has 1 heterocycles. The lowest BCUT2D eigenvalue weighted by molar-refractivity contribution is 0.476. The van der Waals surface area contributed by atoms with Gasteiger partial charge in [0.2, 0.25) is 0 Å². The van der Waals surface area contributed by atoms with E-state index in [0.717, 1.165) is 6.42 Å².